The SMILES string of the molecule is CCCCCCCCCCCCCC[Si](C)(O[Si](C)(C)O[Si](C)(C)C)O[Si](C)(O[SiH2]O[Si](C)(C)C)O[Si](C)(CCCOCC(O)CO)O[Si](C)(C)C. The summed E-state index contributed by atoms with van der Waals surface area (Å²) in [4.78, 5) is 0. The van der Waals surface area contributed by atoms with E-state index in [0.717, 1.165) is 18.9 Å². The van der Waals surface area contributed by atoms with Crippen LogP contribution < -0.4 is 0 Å². The Bertz CT molecular complexity index is 922. The van der Waals surface area contributed by atoms with Gasteiger partial charge >= 0.3 is 34.5 Å². The molecule has 52 heavy (non-hydrogen) atoms. The first-order valence-corrected chi connectivity index (χ1v) is 41.9. The number of hydrogen-bond acceptors (Lipinski definition) is 10. The monoisotopic (exact) mass is 878 g/mol. The number of unbranched alkanes of at least 4 members (excludes halogenated alkanes) is 11. The highest BCUT2D eigenvalue weighted by Crippen LogP contribution is 2.33. The Balaban J connectivity index is 6.08. The summed E-state index contributed by atoms with van der Waals surface area (Å²) in [6, 6.07) is 1.55. The van der Waals surface area contributed by atoms with Gasteiger partial charge in [0.05, 0.1) is 13.2 Å². The molecule has 2 N–H and O–H groups in total. The Morgan fingerprint density at radius 2 is 0.942 bits per heavy atom. The van der Waals surface area contributed by atoms with Crippen LogP contribution in [-0.4, -0.2) is 106 Å². The van der Waals surface area contributed by atoms with E-state index < -0.39 is 75.5 Å². The second-order valence-electron chi connectivity index (χ2n) is 18.4. The van der Waals surface area contributed by atoms with Gasteiger partial charge in [-0.25, -0.2) is 0 Å². The van der Waals surface area contributed by atoms with Crippen molar-refractivity contribution in [3.05, 3.63) is 0 Å². The summed E-state index contributed by atoms with van der Waals surface area (Å²) in [5, 5.41) is 18.9. The maximum atomic E-state index is 9.72. The fraction of sp³-hybridized carbons (Fsp3) is 1.00. The molecule has 0 aromatic rings. The van der Waals surface area contributed by atoms with Gasteiger partial charge in [-0.1, -0.05) is 84.0 Å². The third-order valence-electron chi connectivity index (χ3n) is 8.08. The average Bonchev–Trinajstić information content (AvgIpc) is 2.93. The van der Waals surface area contributed by atoms with Crippen molar-refractivity contribution in [1.29, 1.82) is 0 Å². The zero-order chi connectivity index (χ0) is 40.2. The fourth-order valence-corrected chi connectivity index (χ4v) is 38.0. The Kier molecular flexibility index (Phi) is 26.3. The first-order valence-electron chi connectivity index (χ1n) is 20.4. The van der Waals surface area contributed by atoms with Gasteiger partial charge in [-0.05, 0) is 104 Å². The molecular weight excluding hydrogens is 793 g/mol. The van der Waals surface area contributed by atoms with E-state index in [1.54, 1.807) is 0 Å². The third kappa shape index (κ3) is 30.5. The minimum Gasteiger partial charge on any atom is -0.441 e. The van der Waals surface area contributed by atoms with Crippen molar-refractivity contribution >= 4 is 69.4 Å². The largest absolute Gasteiger partial charge is 0.470 e. The van der Waals surface area contributed by atoms with Gasteiger partial charge in [0.1, 0.15) is 6.10 Å². The van der Waals surface area contributed by atoms with Crippen LogP contribution in [0.4, 0.5) is 0 Å². The van der Waals surface area contributed by atoms with Crippen LogP contribution in [0.1, 0.15) is 90.4 Å². The maximum absolute atomic E-state index is 9.72. The van der Waals surface area contributed by atoms with E-state index in [-0.39, 0.29) is 13.2 Å². The van der Waals surface area contributed by atoms with Gasteiger partial charge in [0, 0.05) is 13.2 Å². The molecule has 0 aromatic carbocycles. The molecule has 0 amide bonds. The summed E-state index contributed by atoms with van der Waals surface area (Å²) in [7, 11) is -18.8. The van der Waals surface area contributed by atoms with E-state index in [4.69, 9.17) is 38.6 Å². The van der Waals surface area contributed by atoms with Crippen LogP contribution in [0.5, 0.6) is 0 Å². The van der Waals surface area contributed by atoms with Gasteiger partial charge in [-0.15, -0.1) is 0 Å². The Hall–Kier alpha value is 1.34. The quantitative estimate of drug-likeness (QED) is 0.0479. The first-order chi connectivity index (χ1) is 23.8. The van der Waals surface area contributed by atoms with Crippen LogP contribution in [0, 0.1) is 0 Å². The molecule has 4 unspecified atom stereocenters. The molecule has 0 aromatic heterocycles. The van der Waals surface area contributed by atoms with Crippen LogP contribution in [-0.2, 0) is 33.5 Å². The zero-order valence-electron chi connectivity index (χ0n) is 36.7. The molecule has 0 saturated carbocycles. The molecule has 4 atom stereocenters. The lowest BCUT2D eigenvalue weighted by Crippen LogP contribution is -2.63. The van der Waals surface area contributed by atoms with Crippen molar-refractivity contribution in [3.63, 3.8) is 0 Å². The topological polar surface area (TPSA) is 114 Å². The zero-order valence-corrected chi connectivity index (χ0v) is 45.1. The Morgan fingerprint density at radius 3 is 1.38 bits per heavy atom. The number of hydrogen-bond donors (Lipinski definition) is 2. The predicted octanol–water partition coefficient (Wildman–Crippen LogP) is 9.48. The van der Waals surface area contributed by atoms with Crippen LogP contribution in [0.3, 0.4) is 0 Å². The lowest BCUT2D eigenvalue weighted by atomic mass is 10.1. The predicted molar refractivity (Wildman–Crippen MR) is 238 cm³/mol. The van der Waals surface area contributed by atoms with E-state index in [9.17, 15) is 5.11 Å². The highest BCUT2D eigenvalue weighted by molar-refractivity contribution is 6.91. The molecule has 18 heteroatoms. The van der Waals surface area contributed by atoms with Crippen molar-refractivity contribution in [3.8, 4) is 0 Å². The van der Waals surface area contributed by atoms with Crippen LogP contribution in [0.25, 0.3) is 0 Å². The molecule has 0 saturated heterocycles. The third-order valence-corrected chi connectivity index (χ3v) is 35.8. The molecule has 10 nitrogen and oxygen atoms in total. The molecule has 0 aliphatic rings. The summed E-state index contributed by atoms with van der Waals surface area (Å²) >= 11 is 0. The first kappa shape index (κ1) is 53.3. The van der Waals surface area contributed by atoms with Crippen molar-refractivity contribution in [2.45, 2.75) is 200 Å². The van der Waals surface area contributed by atoms with Crippen LogP contribution in [0.15, 0.2) is 0 Å². The summed E-state index contributed by atoms with van der Waals surface area (Å²) in [5.74, 6) is 0. The van der Waals surface area contributed by atoms with Gasteiger partial charge in [0.15, 0.2) is 25.0 Å². The van der Waals surface area contributed by atoms with E-state index in [0.29, 0.717) is 19.1 Å². The van der Waals surface area contributed by atoms with Gasteiger partial charge in [-0.3, -0.25) is 0 Å². The van der Waals surface area contributed by atoms with E-state index in [1.165, 1.54) is 64.2 Å². The summed E-state index contributed by atoms with van der Waals surface area (Å²) in [5.41, 5.74) is 0. The smallest absolute Gasteiger partial charge is 0.441 e. The Morgan fingerprint density at radius 1 is 0.500 bits per heavy atom. The molecule has 0 bridgehead atoms. The standard InChI is InChI=1S/C34H86O10Si8/c1-16-17-18-19-20-21-22-23-24-25-26-27-30-51(14,42-49(11,12)40-47(5,6)7)44-52(15,39-45-38-46(2,3)4)43-50(13,41-48(8,9)10)31-28-29-37-33-34(36)32-35/h34-36H,16-33,45H2,1-15H3. The van der Waals surface area contributed by atoms with E-state index in [1.807, 2.05) is 6.55 Å². The molecule has 0 spiro atoms. The number of rotatable bonds is 34. The molecule has 314 valence electrons. The normalized spacial score (nSPS) is 17.7. The highest BCUT2D eigenvalue weighted by Gasteiger charge is 2.53. The fourth-order valence-electron chi connectivity index (χ4n) is 6.40. The lowest BCUT2D eigenvalue weighted by molar-refractivity contribution is 0.00621. The van der Waals surface area contributed by atoms with Crippen molar-refractivity contribution in [1.82, 2.24) is 0 Å². The van der Waals surface area contributed by atoms with Crippen molar-refractivity contribution in [2.24, 2.45) is 0 Å². The minimum atomic E-state index is -3.35. The van der Waals surface area contributed by atoms with E-state index >= 15 is 0 Å². The molecule has 0 rings (SSSR count). The molecular formula is C34H86O10Si8. The lowest BCUT2D eigenvalue weighted by Gasteiger charge is -2.45. The second-order valence-corrected chi connectivity index (χ2v) is 47.8. The molecule has 0 radical (unpaired) electrons. The average molecular weight is 880 g/mol. The second kappa shape index (κ2) is 25.6. The van der Waals surface area contributed by atoms with Crippen molar-refractivity contribution < 1.29 is 43.8 Å². The minimum absolute atomic E-state index is 0.0996. The van der Waals surface area contributed by atoms with Gasteiger partial charge in [0.2, 0.25) is 0 Å². The van der Waals surface area contributed by atoms with Crippen LogP contribution in [0.2, 0.25) is 104 Å². The summed E-state index contributed by atoms with van der Waals surface area (Å²) in [6.45, 7) is 33.0. The van der Waals surface area contributed by atoms with Gasteiger partial charge < -0.3 is 43.8 Å². The van der Waals surface area contributed by atoms with Gasteiger partial charge in [-0.2, -0.15) is 0 Å². The number of aliphatic hydroxyl groups excluding tert-OH is 2. The van der Waals surface area contributed by atoms with Crippen LogP contribution >= 0.6 is 0 Å². The van der Waals surface area contributed by atoms with E-state index in [2.05, 4.69) is 92.0 Å². The molecule has 0 aliphatic heterocycles. The maximum Gasteiger partial charge on any atom is 0.470 e. The molecule has 0 heterocycles. The van der Waals surface area contributed by atoms with Crippen molar-refractivity contribution in [2.75, 3.05) is 19.8 Å². The van der Waals surface area contributed by atoms with Gasteiger partial charge in [0.25, 0.3) is 10.0 Å². The summed E-state index contributed by atoms with van der Waals surface area (Å²) in [6.07, 6.45) is 15.4. The summed E-state index contributed by atoms with van der Waals surface area (Å²) < 4.78 is 54.1. The number of ether oxygens (including phenoxy) is 1. The Labute approximate surface area is 331 Å². The molecule has 0 aliphatic carbocycles. The highest BCUT2D eigenvalue weighted by atomic mass is 28.5. The molecule has 0 fully saturated rings. The number of aliphatic hydroxyl groups is 2.